The number of hydrogen-bond donors (Lipinski definition) is 0. The molecule has 2 atom stereocenters. The van der Waals surface area contributed by atoms with E-state index in [4.69, 9.17) is 0 Å². The molecular formula is C14H17NO3S. The van der Waals surface area contributed by atoms with Crippen molar-refractivity contribution >= 4 is 28.2 Å². The SMILES string of the molecule is CCC1C(=O)N(CC)c2cc(C(C)=O)ccc2S1=O. The second kappa shape index (κ2) is 5.25. The lowest BCUT2D eigenvalue weighted by molar-refractivity contribution is -0.118. The molecule has 1 aliphatic rings. The molecule has 1 aromatic rings. The number of fused-ring (bicyclic) bond motifs is 1. The average Bonchev–Trinajstić information content (AvgIpc) is 2.39. The van der Waals surface area contributed by atoms with E-state index in [1.165, 1.54) is 6.92 Å². The highest BCUT2D eigenvalue weighted by Crippen LogP contribution is 2.33. The molecule has 1 aliphatic heterocycles. The third-order valence-electron chi connectivity index (χ3n) is 3.36. The van der Waals surface area contributed by atoms with Gasteiger partial charge in [0.05, 0.1) is 21.4 Å². The second-order valence-electron chi connectivity index (χ2n) is 4.52. The van der Waals surface area contributed by atoms with Crippen LogP contribution in [-0.4, -0.2) is 27.7 Å². The van der Waals surface area contributed by atoms with Crippen LogP contribution in [0.5, 0.6) is 0 Å². The first kappa shape index (κ1) is 13.9. The van der Waals surface area contributed by atoms with Gasteiger partial charge in [0.15, 0.2) is 5.78 Å². The first-order valence-corrected chi connectivity index (χ1v) is 7.59. The number of Topliss-reactive ketones (excluding diaryl/α,β-unsaturated/α-hetero) is 1. The van der Waals surface area contributed by atoms with Gasteiger partial charge in [-0.05, 0) is 32.4 Å². The summed E-state index contributed by atoms with van der Waals surface area (Å²) < 4.78 is 12.4. The van der Waals surface area contributed by atoms with E-state index in [2.05, 4.69) is 0 Å². The van der Waals surface area contributed by atoms with Crippen molar-refractivity contribution in [2.45, 2.75) is 37.3 Å². The summed E-state index contributed by atoms with van der Waals surface area (Å²) >= 11 is 0. The third-order valence-corrected chi connectivity index (χ3v) is 5.19. The van der Waals surface area contributed by atoms with Crippen LogP contribution < -0.4 is 4.90 Å². The highest BCUT2D eigenvalue weighted by atomic mass is 32.2. The van der Waals surface area contributed by atoms with Crippen molar-refractivity contribution in [1.82, 2.24) is 0 Å². The van der Waals surface area contributed by atoms with Crippen molar-refractivity contribution < 1.29 is 13.8 Å². The number of carbonyl (C=O) groups excluding carboxylic acids is 2. The second-order valence-corrected chi connectivity index (χ2v) is 6.12. The van der Waals surface area contributed by atoms with E-state index >= 15 is 0 Å². The fourth-order valence-electron chi connectivity index (χ4n) is 2.31. The fraction of sp³-hybridized carbons (Fsp3) is 0.429. The summed E-state index contributed by atoms with van der Waals surface area (Å²) in [5.74, 6) is -0.175. The lowest BCUT2D eigenvalue weighted by Crippen LogP contribution is -2.45. The van der Waals surface area contributed by atoms with Gasteiger partial charge in [-0.15, -0.1) is 0 Å². The Labute approximate surface area is 115 Å². The Balaban J connectivity index is 2.61. The number of ketones is 1. The number of rotatable bonds is 3. The van der Waals surface area contributed by atoms with Gasteiger partial charge in [0.2, 0.25) is 5.91 Å². The van der Waals surface area contributed by atoms with Gasteiger partial charge in [-0.2, -0.15) is 0 Å². The average molecular weight is 279 g/mol. The standard InChI is InChI=1S/C14H17NO3S/c1-4-12-14(17)15(5-2)11-8-10(9(3)16)6-7-13(11)19(12)18/h6-8,12H,4-5H2,1-3H3. The van der Waals surface area contributed by atoms with Gasteiger partial charge in [0.25, 0.3) is 0 Å². The molecule has 0 radical (unpaired) electrons. The van der Waals surface area contributed by atoms with Crippen molar-refractivity contribution in [3.05, 3.63) is 23.8 Å². The number of amides is 1. The Morgan fingerprint density at radius 2 is 2.05 bits per heavy atom. The molecule has 19 heavy (non-hydrogen) atoms. The van der Waals surface area contributed by atoms with Gasteiger partial charge in [-0.25, -0.2) is 0 Å². The predicted octanol–water partition coefficient (Wildman–Crippen LogP) is 2.14. The van der Waals surface area contributed by atoms with Crippen molar-refractivity contribution in [3.63, 3.8) is 0 Å². The van der Waals surface area contributed by atoms with E-state index in [0.29, 0.717) is 29.1 Å². The number of anilines is 1. The lowest BCUT2D eigenvalue weighted by Gasteiger charge is -2.32. The van der Waals surface area contributed by atoms with Gasteiger partial charge in [0.1, 0.15) is 5.25 Å². The van der Waals surface area contributed by atoms with Crippen LogP contribution in [0.15, 0.2) is 23.1 Å². The molecule has 2 rings (SSSR count). The Kier molecular flexibility index (Phi) is 3.85. The van der Waals surface area contributed by atoms with Crippen LogP contribution in [0, 0.1) is 0 Å². The first-order chi connectivity index (χ1) is 9.01. The van der Waals surface area contributed by atoms with Crippen molar-refractivity contribution in [1.29, 1.82) is 0 Å². The van der Waals surface area contributed by atoms with Crippen LogP contribution in [0.1, 0.15) is 37.6 Å². The predicted molar refractivity (Wildman–Crippen MR) is 75.0 cm³/mol. The minimum Gasteiger partial charge on any atom is -0.310 e. The topological polar surface area (TPSA) is 54.5 Å². The first-order valence-electron chi connectivity index (χ1n) is 6.38. The van der Waals surface area contributed by atoms with Crippen LogP contribution in [-0.2, 0) is 15.6 Å². The zero-order valence-electron chi connectivity index (χ0n) is 11.3. The molecule has 0 bridgehead atoms. The largest absolute Gasteiger partial charge is 0.310 e. The Morgan fingerprint density at radius 1 is 1.37 bits per heavy atom. The highest BCUT2D eigenvalue weighted by Gasteiger charge is 2.36. The molecule has 0 fully saturated rings. The summed E-state index contributed by atoms with van der Waals surface area (Å²) in [6, 6.07) is 5.05. The molecule has 1 amide bonds. The quantitative estimate of drug-likeness (QED) is 0.797. The molecular weight excluding hydrogens is 262 g/mol. The van der Waals surface area contributed by atoms with Gasteiger partial charge >= 0.3 is 0 Å². The summed E-state index contributed by atoms with van der Waals surface area (Å²) in [6.45, 7) is 5.74. The highest BCUT2D eigenvalue weighted by molar-refractivity contribution is 7.86. The summed E-state index contributed by atoms with van der Waals surface area (Å²) in [7, 11) is -1.33. The number of carbonyl (C=O) groups is 2. The van der Waals surface area contributed by atoms with Crippen LogP contribution >= 0.6 is 0 Å². The van der Waals surface area contributed by atoms with Gasteiger partial charge in [0, 0.05) is 12.1 Å². The molecule has 2 unspecified atom stereocenters. The minimum atomic E-state index is -1.33. The third kappa shape index (κ3) is 2.23. The van der Waals surface area contributed by atoms with Gasteiger partial charge in [-0.3, -0.25) is 13.8 Å². The smallest absolute Gasteiger partial charge is 0.243 e. The molecule has 0 N–H and O–H groups in total. The minimum absolute atomic E-state index is 0.0605. The van der Waals surface area contributed by atoms with Crippen LogP contribution in [0.3, 0.4) is 0 Å². The lowest BCUT2D eigenvalue weighted by atomic mass is 10.1. The molecule has 0 saturated heterocycles. The van der Waals surface area contributed by atoms with E-state index in [1.54, 1.807) is 23.1 Å². The zero-order chi connectivity index (χ0) is 14.2. The summed E-state index contributed by atoms with van der Waals surface area (Å²) in [6.07, 6.45) is 0.551. The Hall–Kier alpha value is -1.49. The summed E-state index contributed by atoms with van der Waals surface area (Å²) in [5.41, 5.74) is 1.15. The Bertz CT molecular complexity index is 568. The van der Waals surface area contributed by atoms with Crippen LogP contribution in [0.4, 0.5) is 5.69 Å². The van der Waals surface area contributed by atoms with Crippen LogP contribution in [0.25, 0.3) is 0 Å². The number of benzene rings is 1. The maximum atomic E-state index is 12.4. The van der Waals surface area contributed by atoms with E-state index < -0.39 is 16.0 Å². The maximum absolute atomic E-state index is 12.4. The zero-order valence-corrected chi connectivity index (χ0v) is 12.1. The van der Waals surface area contributed by atoms with Gasteiger partial charge in [-0.1, -0.05) is 13.0 Å². The number of nitrogens with zero attached hydrogens (tertiary/aromatic N) is 1. The van der Waals surface area contributed by atoms with Crippen molar-refractivity contribution in [2.75, 3.05) is 11.4 Å². The van der Waals surface area contributed by atoms with Crippen molar-refractivity contribution in [2.24, 2.45) is 0 Å². The van der Waals surface area contributed by atoms with Crippen molar-refractivity contribution in [3.8, 4) is 0 Å². The fourth-order valence-corrected chi connectivity index (χ4v) is 3.80. The van der Waals surface area contributed by atoms with E-state index in [-0.39, 0.29) is 11.7 Å². The molecule has 4 nitrogen and oxygen atoms in total. The molecule has 0 aliphatic carbocycles. The Morgan fingerprint density at radius 3 is 2.58 bits per heavy atom. The summed E-state index contributed by atoms with van der Waals surface area (Å²) in [5, 5.41) is -0.476. The molecule has 1 heterocycles. The van der Waals surface area contributed by atoms with E-state index in [0.717, 1.165) is 0 Å². The molecule has 0 saturated carbocycles. The monoisotopic (exact) mass is 279 g/mol. The van der Waals surface area contributed by atoms with E-state index in [1.807, 2.05) is 13.8 Å². The van der Waals surface area contributed by atoms with Crippen LogP contribution in [0.2, 0.25) is 0 Å². The molecule has 5 heteroatoms. The molecule has 1 aromatic carbocycles. The number of hydrogen-bond acceptors (Lipinski definition) is 3. The summed E-state index contributed by atoms with van der Waals surface area (Å²) in [4.78, 5) is 26.0. The molecule has 0 aromatic heterocycles. The maximum Gasteiger partial charge on any atom is 0.243 e. The molecule has 0 spiro atoms. The van der Waals surface area contributed by atoms with Gasteiger partial charge < -0.3 is 4.90 Å². The molecule has 102 valence electrons. The normalized spacial score (nSPS) is 22.3. The van der Waals surface area contributed by atoms with E-state index in [9.17, 15) is 13.8 Å².